The molecule has 1 heterocycles. The Bertz CT molecular complexity index is 68.6. The molecule has 0 saturated carbocycles. The molecule has 0 aromatic carbocycles. The molecular weight excluding hydrogens is 142 g/mol. The summed E-state index contributed by atoms with van der Waals surface area (Å²) in [5.74, 6) is -0.833. The van der Waals surface area contributed by atoms with Crippen LogP contribution in [0.4, 0.5) is 0 Å². The highest BCUT2D eigenvalue weighted by atomic mass is 16.4. The standard InChI is InChI=1S/C4H9N.C2H4O2.C2H6/c1-2-4-5-3-1;1-2(3)4;1-2/h5H,1-4H2;1H3,(H,3,4);1-2H3. The van der Waals surface area contributed by atoms with Gasteiger partial charge in [0.25, 0.3) is 5.97 Å². The molecule has 0 amide bonds. The van der Waals surface area contributed by atoms with Gasteiger partial charge in [-0.3, -0.25) is 4.79 Å². The van der Waals surface area contributed by atoms with Crippen molar-refractivity contribution in [2.45, 2.75) is 33.6 Å². The number of hydrogen-bond donors (Lipinski definition) is 2. The molecule has 0 unspecified atom stereocenters. The average molecular weight is 161 g/mol. The van der Waals surface area contributed by atoms with E-state index in [0.717, 1.165) is 6.92 Å². The summed E-state index contributed by atoms with van der Waals surface area (Å²) in [5, 5.41) is 10.6. The predicted molar refractivity (Wildman–Crippen MR) is 46.8 cm³/mol. The minimum atomic E-state index is -0.833. The molecule has 2 N–H and O–H groups in total. The van der Waals surface area contributed by atoms with Gasteiger partial charge in [-0.1, -0.05) is 13.8 Å². The molecule has 0 aliphatic carbocycles. The van der Waals surface area contributed by atoms with Gasteiger partial charge >= 0.3 is 0 Å². The minimum absolute atomic E-state index is 0.833. The SMILES string of the molecule is C1CCNC1.CC.CC(=O)O. The number of carbonyl (C=O) groups is 1. The molecule has 0 aromatic rings. The van der Waals surface area contributed by atoms with Crippen LogP contribution in [0.2, 0.25) is 0 Å². The van der Waals surface area contributed by atoms with Crippen molar-refractivity contribution in [1.82, 2.24) is 5.32 Å². The number of hydrogen-bond acceptors (Lipinski definition) is 2. The molecular formula is C8H19NO2. The van der Waals surface area contributed by atoms with Crippen molar-refractivity contribution >= 4 is 5.97 Å². The lowest BCUT2D eigenvalue weighted by Gasteiger charge is -1.76. The van der Waals surface area contributed by atoms with E-state index in [0.29, 0.717) is 0 Å². The molecule has 0 aromatic heterocycles. The van der Waals surface area contributed by atoms with E-state index < -0.39 is 5.97 Å². The summed E-state index contributed by atoms with van der Waals surface area (Å²) in [6, 6.07) is 0. The van der Waals surface area contributed by atoms with Gasteiger partial charge in [-0.25, -0.2) is 0 Å². The van der Waals surface area contributed by atoms with Gasteiger partial charge in [-0.05, 0) is 25.9 Å². The smallest absolute Gasteiger partial charge is 0.300 e. The summed E-state index contributed by atoms with van der Waals surface area (Å²) < 4.78 is 0. The lowest BCUT2D eigenvalue weighted by atomic mass is 10.4. The maximum absolute atomic E-state index is 9.00. The van der Waals surface area contributed by atoms with Crippen LogP contribution in [0.15, 0.2) is 0 Å². The Morgan fingerprint density at radius 2 is 1.55 bits per heavy atom. The monoisotopic (exact) mass is 161 g/mol. The van der Waals surface area contributed by atoms with E-state index in [4.69, 9.17) is 9.90 Å². The Labute approximate surface area is 68.8 Å². The maximum atomic E-state index is 9.00. The third kappa shape index (κ3) is 26.5. The number of nitrogens with one attached hydrogen (secondary N) is 1. The molecule has 68 valence electrons. The van der Waals surface area contributed by atoms with Gasteiger partial charge in [-0.2, -0.15) is 0 Å². The van der Waals surface area contributed by atoms with E-state index in [1.165, 1.54) is 25.9 Å². The first kappa shape index (κ1) is 13.1. The number of rotatable bonds is 0. The molecule has 3 heteroatoms. The Kier molecular flexibility index (Phi) is 14.4. The zero-order valence-electron chi connectivity index (χ0n) is 7.68. The zero-order valence-corrected chi connectivity index (χ0v) is 7.68. The summed E-state index contributed by atoms with van der Waals surface area (Å²) in [6.45, 7) is 7.58. The molecule has 0 radical (unpaired) electrons. The van der Waals surface area contributed by atoms with Crippen molar-refractivity contribution in [2.75, 3.05) is 13.1 Å². The first-order valence-electron chi connectivity index (χ1n) is 4.13. The van der Waals surface area contributed by atoms with E-state index >= 15 is 0 Å². The van der Waals surface area contributed by atoms with Gasteiger partial charge in [0.05, 0.1) is 0 Å². The second-order valence-electron chi connectivity index (χ2n) is 1.98. The second-order valence-corrected chi connectivity index (χ2v) is 1.98. The first-order valence-corrected chi connectivity index (χ1v) is 4.13. The highest BCUT2D eigenvalue weighted by Gasteiger charge is 1.93. The molecule has 0 spiro atoms. The van der Waals surface area contributed by atoms with Crippen molar-refractivity contribution in [1.29, 1.82) is 0 Å². The molecule has 1 aliphatic heterocycles. The van der Waals surface area contributed by atoms with Crippen LogP contribution in [0.25, 0.3) is 0 Å². The van der Waals surface area contributed by atoms with Gasteiger partial charge < -0.3 is 10.4 Å². The fraction of sp³-hybridized carbons (Fsp3) is 0.875. The van der Waals surface area contributed by atoms with Crippen molar-refractivity contribution in [3.8, 4) is 0 Å². The number of carboxylic acids is 1. The Balaban J connectivity index is 0. The van der Waals surface area contributed by atoms with Crippen LogP contribution in [0.1, 0.15) is 33.6 Å². The lowest BCUT2D eigenvalue weighted by Crippen LogP contribution is -2.03. The summed E-state index contributed by atoms with van der Waals surface area (Å²) in [5.41, 5.74) is 0. The van der Waals surface area contributed by atoms with Crippen LogP contribution < -0.4 is 5.32 Å². The summed E-state index contributed by atoms with van der Waals surface area (Å²) >= 11 is 0. The molecule has 1 fully saturated rings. The van der Waals surface area contributed by atoms with Crippen LogP contribution >= 0.6 is 0 Å². The molecule has 3 nitrogen and oxygen atoms in total. The fourth-order valence-corrected chi connectivity index (χ4v) is 0.625. The first-order chi connectivity index (χ1) is 5.23. The van der Waals surface area contributed by atoms with E-state index in [2.05, 4.69) is 5.32 Å². The predicted octanol–water partition coefficient (Wildman–Crippen LogP) is 1.49. The highest BCUT2D eigenvalue weighted by molar-refractivity contribution is 5.62. The van der Waals surface area contributed by atoms with Crippen LogP contribution in [0.3, 0.4) is 0 Å². The quantitative estimate of drug-likeness (QED) is 0.566. The largest absolute Gasteiger partial charge is 0.481 e. The van der Waals surface area contributed by atoms with Crippen molar-refractivity contribution in [3.05, 3.63) is 0 Å². The summed E-state index contributed by atoms with van der Waals surface area (Å²) in [4.78, 5) is 9.00. The third-order valence-corrected chi connectivity index (χ3v) is 0.957. The summed E-state index contributed by atoms with van der Waals surface area (Å²) in [6.07, 6.45) is 2.78. The Morgan fingerprint density at radius 1 is 1.27 bits per heavy atom. The van der Waals surface area contributed by atoms with E-state index in [9.17, 15) is 0 Å². The normalized spacial score (nSPS) is 13.7. The van der Waals surface area contributed by atoms with Gasteiger partial charge in [-0.15, -0.1) is 0 Å². The highest BCUT2D eigenvalue weighted by Crippen LogP contribution is 1.90. The molecule has 0 bridgehead atoms. The van der Waals surface area contributed by atoms with Crippen molar-refractivity contribution in [3.63, 3.8) is 0 Å². The summed E-state index contributed by atoms with van der Waals surface area (Å²) in [7, 11) is 0. The second kappa shape index (κ2) is 12.1. The van der Waals surface area contributed by atoms with Crippen LogP contribution in [-0.2, 0) is 4.79 Å². The van der Waals surface area contributed by atoms with Crippen LogP contribution in [0.5, 0.6) is 0 Å². The van der Waals surface area contributed by atoms with E-state index in [1.807, 2.05) is 13.8 Å². The topological polar surface area (TPSA) is 49.3 Å². The fourth-order valence-electron chi connectivity index (χ4n) is 0.625. The Hall–Kier alpha value is -0.570. The molecule has 1 saturated heterocycles. The maximum Gasteiger partial charge on any atom is 0.300 e. The van der Waals surface area contributed by atoms with Gasteiger partial charge in [0.1, 0.15) is 0 Å². The number of aliphatic carboxylic acids is 1. The average Bonchev–Trinajstić information content (AvgIpc) is 2.44. The van der Waals surface area contributed by atoms with Crippen LogP contribution in [0, 0.1) is 0 Å². The lowest BCUT2D eigenvalue weighted by molar-refractivity contribution is -0.134. The zero-order chi connectivity index (χ0) is 9.11. The molecule has 0 atom stereocenters. The van der Waals surface area contributed by atoms with Crippen molar-refractivity contribution in [2.24, 2.45) is 0 Å². The van der Waals surface area contributed by atoms with E-state index in [-0.39, 0.29) is 0 Å². The van der Waals surface area contributed by atoms with E-state index in [1.54, 1.807) is 0 Å². The van der Waals surface area contributed by atoms with Crippen molar-refractivity contribution < 1.29 is 9.90 Å². The van der Waals surface area contributed by atoms with Gasteiger partial charge in [0.2, 0.25) is 0 Å². The van der Waals surface area contributed by atoms with Crippen LogP contribution in [-0.4, -0.2) is 24.2 Å². The van der Waals surface area contributed by atoms with Gasteiger partial charge in [0.15, 0.2) is 0 Å². The molecule has 1 aliphatic rings. The third-order valence-electron chi connectivity index (χ3n) is 0.957. The molecule has 11 heavy (non-hydrogen) atoms. The number of carboxylic acid groups (broad SMARTS) is 1. The van der Waals surface area contributed by atoms with Gasteiger partial charge in [0, 0.05) is 6.92 Å². The molecule has 1 rings (SSSR count). The minimum Gasteiger partial charge on any atom is -0.481 e. The Morgan fingerprint density at radius 3 is 1.64 bits per heavy atom.